The molecule has 26 heavy (non-hydrogen) atoms. The molecule has 2 aromatic rings. The van der Waals surface area contributed by atoms with E-state index in [0.717, 1.165) is 11.8 Å². The molecule has 0 spiro atoms. The number of hydrogen-bond donors (Lipinski definition) is 1. The SMILES string of the molecule is COc1ccc(Cn2c(C)nc([N+](=O)[O-])c2SCC(N)=O)cc1[N+](=O)[O-]. The zero-order valence-electron chi connectivity index (χ0n) is 13.9. The van der Waals surface area contributed by atoms with Crippen LogP contribution in [-0.2, 0) is 11.3 Å². The Bertz CT molecular complexity index is 881. The van der Waals surface area contributed by atoms with E-state index in [1.165, 1.54) is 23.8 Å². The first-order valence-electron chi connectivity index (χ1n) is 7.18. The molecule has 1 aromatic heterocycles. The highest BCUT2D eigenvalue weighted by Gasteiger charge is 2.27. The topological polar surface area (TPSA) is 156 Å². The Labute approximate surface area is 151 Å². The number of carbonyl (C=O) groups is 1. The first kappa shape index (κ1) is 19.2. The Balaban J connectivity index is 2.45. The highest BCUT2D eigenvalue weighted by molar-refractivity contribution is 8.00. The van der Waals surface area contributed by atoms with Crippen LogP contribution in [0.3, 0.4) is 0 Å². The lowest BCUT2D eigenvalue weighted by atomic mass is 10.2. The number of nitro benzene ring substituents is 1. The van der Waals surface area contributed by atoms with Crippen LogP contribution >= 0.6 is 11.8 Å². The maximum atomic E-state index is 11.2. The quantitative estimate of drug-likeness (QED) is 0.411. The summed E-state index contributed by atoms with van der Waals surface area (Å²) in [5.41, 5.74) is 5.42. The van der Waals surface area contributed by atoms with Crippen molar-refractivity contribution in [3.05, 3.63) is 49.8 Å². The van der Waals surface area contributed by atoms with Crippen molar-refractivity contribution in [2.24, 2.45) is 5.73 Å². The number of primary amides is 1. The summed E-state index contributed by atoms with van der Waals surface area (Å²) in [7, 11) is 1.32. The molecule has 2 N–H and O–H groups in total. The molecule has 0 saturated carbocycles. The Morgan fingerprint density at radius 3 is 2.58 bits per heavy atom. The van der Waals surface area contributed by atoms with Gasteiger partial charge in [0.15, 0.2) is 10.8 Å². The number of aromatic nitrogens is 2. The van der Waals surface area contributed by atoms with Crippen molar-refractivity contribution in [1.82, 2.24) is 9.55 Å². The minimum Gasteiger partial charge on any atom is -0.490 e. The molecule has 0 unspecified atom stereocenters. The molecule has 0 bridgehead atoms. The van der Waals surface area contributed by atoms with Gasteiger partial charge in [-0.15, -0.1) is 0 Å². The van der Waals surface area contributed by atoms with E-state index in [9.17, 15) is 25.0 Å². The molecule has 1 heterocycles. The summed E-state index contributed by atoms with van der Waals surface area (Å²) in [5.74, 6) is -0.738. The summed E-state index contributed by atoms with van der Waals surface area (Å²) in [5, 5.41) is 22.5. The van der Waals surface area contributed by atoms with Crippen LogP contribution in [0.5, 0.6) is 5.75 Å². The summed E-state index contributed by atoms with van der Waals surface area (Å²) in [6.45, 7) is 1.66. The Morgan fingerprint density at radius 1 is 1.35 bits per heavy atom. The fraction of sp³-hybridized carbons (Fsp3) is 0.286. The second-order valence-electron chi connectivity index (χ2n) is 5.15. The number of amides is 1. The number of hydrogen-bond acceptors (Lipinski definition) is 8. The normalized spacial score (nSPS) is 10.5. The fourth-order valence-corrected chi connectivity index (χ4v) is 3.16. The van der Waals surface area contributed by atoms with Crippen molar-refractivity contribution >= 4 is 29.2 Å². The van der Waals surface area contributed by atoms with E-state index in [4.69, 9.17) is 10.5 Å². The lowest BCUT2D eigenvalue weighted by molar-refractivity contribution is -0.392. The van der Waals surface area contributed by atoms with Crippen LogP contribution in [0.15, 0.2) is 23.2 Å². The van der Waals surface area contributed by atoms with Gasteiger partial charge in [-0.2, -0.15) is 0 Å². The van der Waals surface area contributed by atoms with Gasteiger partial charge < -0.3 is 20.6 Å². The molecule has 2 rings (SSSR count). The van der Waals surface area contributed by atoms with Crippen molar-refractivity contribution in [2.45, 2.75) is 18.5 Å². The monoisotopic (exact) mass is 381 g/mol. The van der Waals surface area contributed by atoms with E-state index in [1.54, 1.807) is 13.0 Å². The summed E-state index contributed by atoms with van der Waals surface area (Å²) < 4.78 is 6.47. The molecule has 0 fully saturated rings. The van der Waals surface area contributed by atoms with Crippen molar-refractivity contribution in [3.63, 3.8) is 0 Å². The molecule has 12 heteroatoms. The first-order chi connectivity index (χ1) is 12.2. The molecule has 0 aliphatic carbocycles. The molecule has 0 aliphatic heterocycles. The zero-order chi connectivity index (χ0) is 19.4. The van der Waals surface area contributed by atoms with Crippen molar-refractivity contribution in [3.8, 4) is 5.75 Å². The van der Waals surface area contributed by atoms with Gasteiger partial charge in [-0.25, -0.2) is 0 Å². The average molecular weight is 381 g/mol. The lowest BCUT2D eigenvalue weighted by Gasteiger charge is -2.09. The summed E-state index contributed by atoms with van der Waals surface area (Å²) in [4.78, 5) is 36.1. The number of carbonyl (C=O) groups excluding carboxylic acids is 1. The number of ether oxygens (including phenoxy) is 1. The van der Waals surface area contributed by atoms with Gasteiger partial charge in [-0.05, 0) is 21.5 Å². The van der Waals surface area contributed by atoms with Gasteiger partial charge in [0.2, 0.25) is 11.7 Å². The number of nitrogens with zero attached hydrogens (tertiary/aromatic N) is 4. The third-order valence-electron chi connectivity index (χ3n) is 3.40. The number of thioether (sulfide) groups is 1. The molecular formula is C14H15N5O6S. The molecular weight excluding hydrogens is 366 g/mol. The zero-order valence-corrected chi connectivity index (χ0v) is 14.7. The van der Waals surface area contributed by atoms with Gasteiger partial charge in [0.05, 0.1) is 24.3 Å². The van der Waals surface area contributed by atoms with Gasteiger partial charge >= 0.3 is 11.5 Å². The van der Waals surface area contributed by atoms with Gasteiger partial charge in [-0.1, -0.05) is 17.8 Å². The fourth-order valence-electron chi connectivity index (χ4n) is 2.28. The molecule has 1 aromatic carbocycles. The van der Waals surface area contributed by atoms with E-state index in [2.05, 4.69) is 4.98 Å². The van der Waals surface area contributed by atoms with Crippen molar-refractivity contribution in [1.29, 1.82) is 0 Å². The van der Waals surface area contributed by atoms with Crippen molar-refractivity contribution < 1.29 is 19.4 Å². The van der Waals surface area contributed by atoms with Crippen LogP contribution in [0.4, 0.5) is 11.5 Å². The summed E-state index contributed by atoms with van der Waals surface area (Å²) in [6, 6.07) is 4.39. The predicted molar refractivity (Wildman–Crippen MR) is 92.3 cm³/mol. The second kappa shape index (κ2) is 7.82. The third-order valence-corrected chi connectivity index (χ3v) is 4.50. The number of methoxy groups -OCH3 is 1. The predicted octanol–water partition coefficient (Wildman–Crippen LogP) is 1.64. The lowest BCUT2D eigenvalue weighted by Crippen LogP contribution is -2.14. The number of aryl methyl sites for hydroxylation is 1. The van der Waals surface area contributed by atoms with E-state index in [0.29, 0.717) is 11.4 Å². The maximum Gasteiger partial charge on any atom is 0.396 e. The van der Waals surface area contributed by atoms with Gasteiger partial charge in [0.1, 0.15) is 0 Å². The van der Waals surface area contributed by atoms with E-state index in [-0.39, 0.29) is 28.8 Å². The number of imidazole rings is 1. The first-order valence-corrected chi connectivity index (χ1v) is 8.17. The summed E-state index contributed by atoms with van der Waals surface area (Å²) >= 11 is 0.894. The van der Waals surface area contributed by atoms with Crippen LogP contribution < -0.4 is 10.5 Å². The highest BCUT2D eigenvalue weighted by Crippen LogP contribution is 2.32. The van der Waals surface area contributed by atoms with Crippen LogP contribution in [0, 0.1) is 27.2 Å². The van der Waals surface area contributed by atoms with Gasteiger partial charge in [-0.3, -0.25) is 19.5 Å². The number of nitro groups is 2. The van der Waals surface area contributed by atoms with Crippen LogP contribution in [0.25, 0.3) is 0 Å². The van der Waals surface area contributed by atoms with E-state index >= 15 is 0 Å². The van der Waals surface area contributed by atoms with Gasteiger partial charge in [0.25, 0.3) is 0 Å². The van der Waals surface area contributed by atoms with Crippen LogP contribution in [-0.4, -0.2) is 38.2 Å². The molecule has 1 amide bonds. The maximum absolute atomic E-state index is 11.2. The molecule has 11 nitrogen and oxygen atoms in total. The van der Waals surface area contributed by atoms with Crippen LogP contribution in [0.1, 0.15) is 11.4 Å². The molecule has 0 radical (unpaired) electrons. The van der Waals surface area contributed by atoms with Crippen molar-refractivity contribution in [2.75, 3.05) is 12.9 Å². The standard InChI is InChI=1S/C14H15N5O6S/c1-8-16-13(19(23)24)14(26-7-12(15)20)17(8)6-9-3-4-11(25-2)10(5-9)18(21)22/h3-5H,6-7H2,1-2H3,(H2,15,20). The average Bonchev–Trinajstić information content (AvgIpc) is 2.89. The minimum atomic E-state index is -0.650. The van der Waals surface area contributed by atoms with Crippen LogP contribution in [0.2, 0.25) is 0 Å². The highest BCUT2D eigenvalue weighted by atomic mass is 32.2. The second-order valence-corrected chi connectivity index (χ2v) is 6.11. The van der Waals surface area contributed by atoms with Gasteiger partial charge in [0, 0.05) is 13.0 Å². The number of rotatable bonds is 8. The molecule has 0 saturated heterocycles. The number of benzene rings is 1. The largest absolute Gasteiger partial charge is 0.490 e. The Morgan fingerprint density at radius 2 is 2.04 bits per heavy atom. The minimum absolute atomic E-state index is 0.0958. The smallest absolute Gasteiger partial charge is 0.396 e. The Hall–Kier alpha value is -3.15. The third kappa shape index (κ3) is 4.08. The number of nitrogens with two attached hydrogens (primary N) is 1. The molecule has 138 valence electrons. The van der Waals surface area contributed by atoms with E-state index < -0.39 is 21.6 Å². The molecule has 0 aliphatic rings. The summed E-state index contributed by atoms with van der Waals surface area (Å²) in [6.07, 6.45) is 0. The molecule has 0 atom stereocenters. The Kier molecular flexibility index (Phi) is 5.77. The van der Waals surface area contributed by atoms with E-state index in [1.807, 2.05) is 0 Å².